The second kappa shape index (κ2) is 10.7. The average Bonchev–Trinajstić information content (AvgIpc) is 3.63. The molecule has 232 valence electrons. The van der Waals surface area contributed by atoms with Crippen LogP contribution < -0.4 is 4.90 Å². The number of hydrogen-bond acceptors (Lipinski definition) is 2. The van der Waals surface area contributed by atoms with Crippen molar-refractivity contribution < 1.29 is 0 Å². The zero-order valence-corrected chi connectivity index (χ0v) is 28.3. The molecule has 0 radical (unpaired) electrons. The SMILES string of the molecule is CC1(C)c2ccccc2-c2c(-c3ccc4cc(N(c5ccccc5)c5ccc6c(c5)sc5ccccc56)ccc4c3)cc3ccccc3c21. The fourth-order valence-corrected chi connectivity index (χ4v) is 9.44. The first kappa shape index (κ1) is 28.3. The van der Waals surface area contributed by atoms with Crippen LogP contribution in [0.5, 0.6) is 0 Å². The van der Waals surface area contributed by atoms with Crippen molar-refractivity contribution in [2.24, 2.45) is 0 Å². The third kappa shape index (κ3) is 4.31. The van der Waals surface area contributed by atoms with E-state index in [4.69, 9.17) is 0 Å². The first-order chi connectivity index (χ1) is 24.0. The van der Waals surface area contributed by atoms with Crippen LogP contribution in [0.15, 0.2) is 164 Å². The zero-order chi connectivity index (χ0) is 32.7. The summed E-state index contributed by atoms with van der Waals surface area (Å²) in [6.45, 7) is 4.76. The second-order valence-corrected chi connectivity index (χ2v) is 14.8. The van der Waals surface area contributed by atoms with Crippen molar-refractivity contribution in [3.63, 3.8) is 0 Å². The van der Waals surface area contributed by atoms with E-state index in [9.17, 15) is 0 Å². The van der Waals surface area contributed by atoms with Crippen molar-refractivity contribution >= 4 is 70.1 Å². The summed E-state index contributed by atoms with van der Waals surface area (Å²) in [5, 5.41) is 7.75. The standard InChI is InChI=1S/C47H33NS/c1-47(2)42-18-10-8-17-40(42)45-41(28-32-12-6-7-15-37(32)46(45)47)33-21-20-31-27-35(23-22-30(31)26-33)48(34-13-4-3-5-14-34)36-24-25-39-38-16-9-11-19-43(38)49-44(39)29-36/h3-29H,1-2H3. The van der Waals surface area contributed by atoms with Crippen LogP contribution in [-0.4, -0.2) is 0 Å². The van der Waals surface area contributed by atoms with Gasteiger partial charge in [-0.2, -0.15) is 0 Å². The Morgan fingerprint density at radius 3 is 2.02 bits per heavy atom. The van der Waals surface area contributed by atoms with Gasteiger partial charge in [0.25, 0.3) is 0 Å². The number of nitrogens with zero attached hydrogens (tertiary/aromatic N) is 1. The van der Waals surface area contributed by atoms with Crippen molar-refractivity contribution in [2.75, 3.05) is 4.90 Å². The Morgan fingerprint density at radius 2 is 1.12 bits per heavy atom. The second-order valence-electron chi connectivity index (χ2n) is 13.8. The molecule has 0 N–H and O–H groups in total. The van der Waals surface area contributed by atoms with Gasteiger partial charge in [0.05, 0.1) is 0 Å². The molecule has 0 fully saturated rings. The minimum Gasteiger partial charge on any atom is -0.310 e. The fourth-order valence-electron chi connectivity index (χ4n) is 8.30. The molecule has 10 rings (SSSR count). The predicted molar refractivity (Wildman–Crippen MR) is 212 cm³/mol. The molecule has 0 saturated carbocycles. The maximum atomic E-state index is 2.41. The van der Waals surface area contributed by atoms with E-state index >= 15 is 0 Å². The number of thiophene rings is 1. The van der Waals surface area contributed by atoms with Gasteiger partial charge < -0.3 is 4.90 Å². The van der Waals surface area contributed by atoms with Gasteiger partial charge in [0.15, 0.2) is 0 Å². The van der Waals surface area contributed by atoms with E-state index in [1.54, 1.807) is 0 Å². The lowest BCUT2D eigenvalue weighted by molar-refractivity contribution is 0.666. The van der Waals surface area contributed by atoms with E-state index in [0.29, 0.717) is 0 Å². The van der Waals surface area contributed by atoms with Crippen molar-refractivity contribution in [3.05, 3.63) is 175 Å². The normalized spacial score (nSPS) is 13.3. The summed E-state index contributed by atoms with van der Waals surface area (Å²) in [6, 6.07) is 60.5. The quantitative estimate of drug-likeness (QED) is 0.184. The molecule has 1 nitrogen and oxygen atoms in total. The van der Waals surface area contributed by atoms with Gasteiger partial charge in [-0.05, 0) is 110 Å². The Morgan fingerprint density at radius 1 is 0.449 bits per heavy atom. The number of hydrogen-bond donors (Lipinski definition) is 0. The highest BCUT2D eigenvalue weighted by Crippen LogP contribution is 2.55. The largest absolute Gasteiger partial charge is 0.310 e. The molecule has 0 aliphatic heterocycles. The molecule has 9 aromatic rings. The molecule has 0 spiro atoms. The zero-order valence-electron chi connectivity index (χ0n) is 27.4. The van der Waals surface area contributed by atoms with Gasteiger partial charge in [0, 0.05) is 42.6 Å². The number of para-hydroxylation sites is 1. The summed E-state index contributed by atoms with van der Waals surface area (Å²) < 4.78 is 2.63. The summed E-state index contributed by atoms with van der Waals surface area (Å²) in [5.41, 5.74) is 11.5. The van der Waals surface area contributed by atoms with E-state index < -0.39 is 0 Å². The first-order valence-electron chi connectivity index (χ1n) is 17.0. The van der Waals surface area contributed by atoms with Crippen LogP contribution in [0.1, 0.15) is 25.0 Å². The first-order valence-corrected chi connectivity index (χ1v) is 17.8. The van der Waals surface area contributed by atoms with Gasteiger partial charge in [-0.1, -0.05) is 123 Å². The third-order valence-corrected chi connectivity index (χ3v) is 11.7. The van der Waals surface area contributed by atoms with E-state index in [-0.39, 0.29) is 5.41 Å². The van der Waals surface area contributed by atoms with E-state index in [0.717, 1.165) is 17.1 Å². The van der Waals surface area contributed by atoms with Gasteiger partial charge in [0.2, 0.25) is 0 Å². The Hall–Kier alpha value is -5.70. The summed E-state index contributed by atoms with van der Waals surface area (Å²) in [6.07, 6.45) is 0. The van der Waals surface area contributed by atoms with Crippen LogP contribution in [0.2, 0.25) is 0 Å². The van der Waals surface area contributed by atoms with Crippen molar-refractivity contribution in [3.8, 4) is 22.3 Å². The lowest BCUT2D eigenvalue weighted by Crippen LogP contribution is -2.15. The monoisotopic (exact) mass is 643 g/mol. The highest BCUT2D eigenvalue weighted by Gasteiger charge is 2.38. The Labute approximate surface area is 290 Å². The average molecular weight is 644 g/mol. The number of benzene rings is 8. The van der Waals surface area contributed by atoms with Gasteiger partial charge in [-0.25, -0.2) is 0 Å². The molecule has 8 aromatic carbocycles. The molecule has 0 bridgehead atoms. The number of anilines is 3. The van der Waals surface area contributed by atoms with Crippen LogP contribution >= 0.6 is 11.3 Å². The molecule has 0 amide bonds. The maximum Gasteiger partial charge on any atom is 0.0476 e. The van der Waals surface area contributed by atoms with Crippen molar-refractivity contribution in [2.45, 2.75) is 19.3 Å². The molecule has 0 unspecified atom stereocenters. The summed E-state index contributed by atoms with van der Waals surface area (Å²) in [7, 11) is 0. The molecule has 1 aromatic heterocycles. The third-order valence-electron chi connectivity index (χ3n) is 10.6. The van der Waals surface area contributed by atoms with Crippen molar-refractivity contribution in [1.29, 1.82) is 0 Å². The fraction of sp³-hybridized carbons (Fsp3) is 0.0638. The minimum absolute atomic E-state index is 0.0763. The Kier molecular flexibility index (Phi) is 6.16. The number of fused-ring (bicyclic) bond motifs is 9. The lowest BCUT2D eigenvalue weighted by atomic mass is 9.79. The summed E-state index contributed by atoms with van der Waals surface area (Å²) in [5.74, 6) is 0. The molecular weight excluding hydrogens is 611 g/mol. The minimum atomic E-state index is -0.0763. The molecule has 49 heavy (non-hydrogen) atoms. The smallest absolute Gasteiger partial charge is 0.0476 e. The maximum absolute atomic E-state index is 2.41. The van der Waals surface area contributed by atoms with Crippen LogP contribution in [0.25, 0.3) is 64.0 Å². The molecule has 2 heteroatoms. The van der Waals surface area contributed by atoms with Crippen LogP contribution in [-0.2, 0) is 5.41 Å². The topological polar surface area (TPSA) is 3.24 Å². The van der Waals surface area contributed by atoms with Crippen molar-refractivity contribution in [1.82, 2.24) is 0 Å². The highest BCUT2D eigenvalue weighted by atomic mass is 32.1. The molecule has 1 heterocycles. The van der Waals surface area contributed by atoms with Gasteiger partial charge in [-0.15, -0.1) is 11.3 Å². The molecule has 1 aliphatic carbocycles. The molecule has 1 aliphatic rings. The lowest BCUT2D eigenvalue weighted by Gasteiger charge is -2.26. The Bertz CT molecular complexity index is 2750. The van der Waals surface area contributed by atoms with E-state index in [2.05, 4.69) is 183 Å². The van der Waals surface area contributed by atoms with Crippen LogP contribution in [0.3, 0.4) is 0 Å². The Balaban J connectivity index is 1.12. The van der Waals surface area contributed by atoms with Gasteiger partial charge in [0.1, 0.15) is 0 Å². The number of rotatable bonds is 4. The summed E-state index contributed by atoms with van der Waals surface area (Å²) >= 11 is 1.86. The predicted octanol–water partition coefficient (Wildman–Crippen LogP) is 13.8. The highest BCUT2D eigenvalue weighted by molar-refractivity contribution is 7.25. The molecular formula is C47H33NS. The molecule has 0 atom stereocenters. The van der Waals surface area contributed by atoms with Gasteiger partial charge in [-0.3, -0.25) is 0 Å². The molecule has 0 saturated heterocycles. The summed E-state index contributed by atoms with van der Waals surface area (Å²) in [4.78, 5) is 2.38. The van der Waals surface area contributed by atoms with Crippen LogP contribution in [0.4, 0.5) is 17.1 Å². The van der Waals surface area contributed by atoms with E-state index in [1.807, 2.05) is 11.3 Å². The van der Waals surface area contributed by atoms with E-state index in [1.165, 1.54) is 75.1 Å². The van der Waals surface area contributed by atoms with Gasteiger partial charge >= 0.3 is 0 Å². The van der Waals surface area contributed by atoms with Crippen LogP contribution in [0, 0.1) is 0 Å².